The molecule has 1 heterocycles. The van der Waals surface area contributed by atoms with Crippen LogP contribution in [0.1, 0.15) is 23.7 Å². The molecule has 2 aromatic carbocycles. The van der Waals surface area contributed by atoms with Gasteiger partial charge < -0.3 is 14.8 Å². The summed E-state index contributed by atoms with van der Waals surface area (Å²) in [4.78, 5) is 31.2. The van der Waals surface area contributed by atoms with Gasteiger partial charge in [-0.2, -0.15) is 0 Å². The van der Waals surface area contributed by atoms with Gasteiger partial charge in [-0.05, 0) is 48.9 Å². The number of nitrogens with one attached hydrogen (secondary N) is 2. The third kappa shape index (κ3) is 4.76. The molecular formula is C21H21N3O4. The van der Waals surface area contributed by atoms with Crippen LogP contribution in [-0.2, 0) is 4.74 Å². The van der Waals surface area contributed by atoms with Gasteiger partial charge in [-0.15, -0.1) is 0 Å². The molecule has 0 saturated carbocycles. The van der Waals surface area contributed by atoms with Gasteiger partial charge in [0.25, 0.3) is 5.56 Å². The predicted molar refractivity (Wildman–Crippen MR) is 107 cm³/mol. The maximum absolute atomic E-state index is 12.1. The van der Waals surface area contributed by atoms with E-state index in [-0.39, 0.29) is 17.5 Å². The molecule has 0 saturated heterocycles. The highest BCUT2D eigenvalue weighted by Gasteiger charge is 2.09. The van der Waals surface area contributed by atoms with Crippen LogP contribution in [0.3, 0.4) is 0 Å². The molecule has 0 fully saturated rings. The van der Waals surface area contributed by atoms with Crippen molar-refractivity contribution in [3.05, 3.63) is 70.5 Å². The number of hydrogen-bond donors (Lipinski definition) is 2. The van der Waals surface area contributed by atoms with Crippen molar-refractivity contribution in [1.29, 1.82) is 0 Å². The van der Waals surface area contributed by atoms with Gasteiger partial charge in [0.15, 0.2) is 0 Å². The summed E-state index contributed by atoms with van der Waals surface area (Å²) in [5.41, 5.74) is 2.05. The molecule has 1 aromatic heterocycles. The first-order valence-corrected chi connectivity index (χ1v) is 8.89. The van der Waals surface area contributed by atoms with E-state index in [1.165, 1.54) is 6.07 Å². The average molecular weight is 379 g/mol. The standard InChI is InChI=1S/C21H21N3O4/c1-3-11-28-20(26)15-5-4-6-16(12-15)22-21-23-18(13-19(25)24-21)14-7-9-17(27-2)10-8-14/h4-10,12-13H,3,11H2,1-2H3,(H2,22,23,24,25). The number of nitrogens with zero attached hydrogens (tertiary/aromatic N) is 1. The molecule has 0 atom stereocenters. The summed E-state index contributed by atoms with van der Waals surface area (Å²) >= 11 is 0. The summed E-state index contributed by atoms with van der Waals surface area (Å²) in [5.74, 6) is 0.607. The number of ether oxygens (including phenoxy) is 2. The van der Waals surface area contributed by atoms with Crippen LogP contribution in [-0.4, -0.2) is 29.7 Å². The highest BCUT2D eigenvalue weighted by Crippen LogP contribution is 2.21. The third-order valence-corrected chi connectivity index (χ3v) is 3.93. The molecule has 7 nitrogen and oxygen atoms in total. The second-order valence-electron chi connectivity index (χ2n) is 6.05. The molecule has 7 heteroatoms. The summed E-state index contributed by atoms with van der Waals surface area (Å²) in [6.07, 6.45) is 0.757. The van der Waals surface area contributed by atoms with Crippen LogP contribution < -0.4 is 15.6 Å². The molecule has 0 spiro atoms. The first kappa shape index (κ1) is 19.2. The maximum atomic E-state index is 12.1. The monoisotopic (exact) mass is 379 g/mol. The van der Waals surface area contributed by atoms with Gasteiger partial charge in [0.05, 0.1) is 25.0 Å². The van der Waals surface area contributed by atoms with E-state index in [1.54, 1.807) is 43.5 Å². The summed E-state index contributed by atoms with van der Waals surface area (Å²) in [7, 11) is 1.59. The number of carbonyl (C=O) groups is 1. The zero-order valence-electron chi connectivity index (χ0n) is 15.7. The van der Waals surface area contributed by atoms with Crippen molar-refractivity contribution in [2.45, 2.75) is 13.3 Å². The Balaban J connectivity index is 1.84. The number of benzene rings is 2. The Labute approximate surface area is 162 Å². The maximum Gasteiger partial charge on any atom is 0.338 e. The van der Waals surface area contributed by atoms with E-state index in [0.717, 1.165) is 17.7 Å². The van der Waals surface area contributed by atoms with E-state index in [0.29, 0.717) is 23.6 Å². The number of carbonyl (C=O) groups excluding carboxylic acids is 1. The Bertz CT molecular complexity index is 1010. The number of aromatic nitrogens is 2. The molecule has 0 aliphatic heterocycles. The molecule has 0 unspecified atom stereocenters. The van der Waals surface area contributed by atoms with Gasteiger partial charge in [0.2, 0.25) is 5.95 Å². The van der Waals surface area contributed by atoms with Crippen molar-refractivity contribution < 1.29 is 14.3 Å². The highest BCUT2D eigenvalue weighted by atomic mass is 16.5. The molecule has 144 valence electrons. The molecule has 3 aromatic rings. The smallest absolute Gasteiger partial charge is 0.338 e. The summed E-state index contributed by atoms with van der Waals surface area (Å²) in [5, 5.41) is 3.03. The molecule has 0 aliphatic carbocycles. The van der Waals surface area contributed by atoms with Crippen LogP contribution >= 0.6 is 0 Å². The quantitative estimate of drug-likeness (QED) is 0.607. The van der Waals surface area contributed by atoms with Crippen LogP contribution in [0.25, 0.3) is 11.3 Å². The van der Waals surface area contributed by atoms with Gasteiger partial charge in [-0.1, -0.05) is 13.0 Å². The Hall–Kier alpha value is -3.61. The number of H-pyrrole nitrogens is 1. The Kier molecular flexibility index (Phi) is 6.06. The third-order valence-electron chi connectivity index (χ3n) is 3.93. The predicted octanol–water partition coefficient (Wildman–Crippen LogP) is 3.76. The van der Waals surface area contributed by atoms with Crippen molar-refractivity contribution in [2.24, 2.45) is 0 Å². The largest absolute Gasteiger partial charge is 0.497 e. The minimum absolute atomic E-state index is 0.275. The van der Waals surface area contributed by atoms with E-state index in [9.17, 15) is 9.59 Å². The first-order valence-electron chi connectivity index (χ1n) is 8.89. The lowest BCUT2D eigenvalue weighted by Crippen LogP contribution is -2.11. The Morgan fingerprint density at radius 3 is 2.64 bits per heavy atom. The van der Waals surface area contributed by atoms with Crippen molar-refractivity contribution in [1.82, 2.24) is 9.97 Å². The normalized spacial score (nSPS) is 10.4. The van der Waals surface area contributed by atoms with Gasteiger partial charge in [0, 0.05) is 17.3 Å². The lowest BCUT2D eigenvalue weighted by atomic mass is 10.1. The fourth-order valence-electron chi connectivity index (χ4n) is 2.57. The summed E-state index contributed by atoms with van der Waals surface area (Å²) in [6.45, 7) is 2.30. The van der Waals surface area contributed by atoms with E-state index in [4.69, 9.17) is 9.47 Å². The molecule has 0 amide bonds. The number of rotatable bonds is 7. The fraction of sp³-hybridized carbons (Fsp3) is 0.190. The van der Waals surface area contributed by atoms with Gasteiger partial charge >= 0.3 is 5.97 Å². The molecule has 0 bridgehead atoms. The number of anilines is 2. The number of hydrogen-bond acceptors (Lipinski definition) is 6. The first-order chi connectivity index (χ1) is 13.6. The lowest BCUT2D eigenvalue weighted by Gasteiger charge is -2.09. The van der Waals surface area contributed by atoms with Crippen LogP contribution in [0.5, 0.6) is 5.75 Å². The lowest BCUT2D eigenvalue weighted by molar-refractivity contribution is 0.0505. The Morgan fingerprint density at radius 2 is 1.93 bits per heavy atom. The molecule has 0 radical (unpaired) electrons. The van der Waals surface area contributed by atoms with E-state index in [1.807, 2.05) is 19.1 Å². The van der Waals surface area contributed by atoms with Crippen molar-refractivity contribution in [2.75, 3.05) is 19.0 Å². The zero-order valence-corrected chi connectivity index (χ0v) is 15.7. The second-order valence-corrected chi connectivity index (χ2v) is 6.05. The average Bonchev–Trinajstić information content (AvgIpc) is 2.72. The minimum Gasteiger partial charge on any atom is -0.497 e. The molecule has 28 heavy (non-hydrogen) atoms. The van der Waals surface area contributed by atoms with E-state index >= 15 is 0 Å². The number of aromatic amines is 1. The van der Waals surface area contributed by atoms with Crippen LogP contribution in [0.2, 0.25) is 0 Å². The van der Waals surface area contributed by atoms with Crippen LogP contribution in [0.4, 0.5) is 11.6 Å². The molecule has 0 aliphatic rings. The number of methoxy groups -OCH3 is 1. The molecular weight excluding hydrogens is 358 g/mol. The van der Waals surface area contributed by atoms with Crippen molar-refractivity contribution >= 4 is 17.6 Å². The van der Waals surface area contributed by atoms with Crippen molar-refractivity contribution in [3.63, 3.8) is 0 Å². The van der Waals surface area contributed by atoms with Gasteiger partial charge in [-0.25, -0.2) is 9.78 Å². The van der Waals surface area contributed by atoms with Crippen LogP contribution in [0.15, 0.2) is 59.4 Å². The zero-order chi connectivity index (χ0) is 19.9. The van der Waals surface area contributed by atoms with Crippen LogP contribution in [0, 0.1) is 0 Å². The minimum atomic E-state index is -0.390. The van der Waals surface area contributed by atoms with Gasteiger partial charge in [0.1, 0.15) is 5.75 Å². The Morgan fingerprint density at radius 1 is 1.14 bits per heavy atom. The van der Waals surface area contributed by atoms with E-state index in [2.05, 4.69) is 15.3 Å². The van der Waals surface area contributed by atoms with Gasteiger partial charge in [-0.3, -0.25) is 9.78 Å². The summed E-state index contributed by atoms with van der Waals surface area (Å²) < 4.78 is 10.3. The molecule has 3 rings (SSSR count). The second kappa shape index (κ2) is 8.85. The highest BCUT2D eigenvalue weighted by molar-refractivity contribution is 5.90. The molecule has 2 N–H and O–H groups in total. The topological polar surface area (TPSA) is 93.3 Å². The van der Waals surface area contributed by atoms with Crippen molar-refractivity contribution in [3.8, 4) is 17.0 Å². The summed E-state index contributed by atoms with van der Waals surface area (Å²) in [6, 6.07) is 15.5. The number of esters is 1. The fourth-order valence-corrected chi connectivity index (χ4v) is 2.57. The SMILES string of the molecule is CCCOC(=O)c1cccc(Nc2nc(-c3ccc(OC)cc3)cc(=O)[nH]2)c1. The van der Waals surface area contributed by atoms with E-state index < -0.39 is 0 Å².